The van der Waals surface area contributed by atoms with Crippen LogP contribution in [0.2, 0.25) is 0 Å². The molecule has 2 saturated heterocycles. The number of piperazine rings is 1. The molecule has 2 aliphatic rings. The zero-order valence-corrected chi connectivity index (χ0v) is 65.7. The molecule has 12 amide bonds. The first-order valence-electron chi connectivity index (χ1n) is 36.1. The monoisotopic (exact) mass is 1450 g/mol. The summed E-state index contributed by atoms with van der Waals surface area (Å²) in [7, 11) is 11.0. The predicted molar refractivity (Wildman–Crippen MR) is 382 cm³/mol. The molecule has 102 heavy (non-hydrogen) atoms. The highest BCUT2D eigenvalue weighted by atomic mass is 19.4. The quantitative estimate of drug-likeness (QED) is 0.126. The van der Waals surface area contributed by atoms with E-state index in [1.807, 2.05) is 41.5 Å². The van der Waals surface area contributed by atoms with Gasteiger partial charge in [0.25, 0.3) is 0 Å². The molecule has 2 rings (SSSR count). The van der Waals surface area contributed by atoms with Crippen molar-refractivity contribution in [2.24, 2.45) is 41.4 Å². The fraction of sp³-hybridized carbons (Fsp3) is 0.806. The van der Waals surface area contributed by atoms with Crippen LogP contribution in [0.1, 0.15) is 156 Å². The molecule has 14 atom stereocenters. The third-order valence-electron chi connectivity index (χ3n) is 19.8. The average Bonchev–Trinajstić information content (AvgIpc) is 0.797. The molecule has 0 radical (unpaired) electrons. The van der Waals surface area contributed by atoms with Crippen molar-refractivity contribution in [3.63, 3.8) is 0 Å². The zero-order valence-electron chi connectivity index (χ0n) is 65.7. The Morgan fingerprint density at radius 1 is 0.520 bits per heavy atom. The molecule has 2 aliphatic heterocycles. The van der Waals surface area contributed by atoms with Crippen molar-refractivity contribution >= 4 is 70.9 Å². The number of aliphatic hydroxyl groups is 1. The normalized spacial score (nSPS) is 26.8. The molecule has 0 bridgehead atoms. The Bertz CT molecular complexity index is 2870. The van der Waals surface area contributed by atoms with Gasteiger partial charge in [0.05, 0.1) is 19.1 Å². The van der Waals surface area contributed by atoms with Crippen LogP contribution in [0.5, 0.6) is 0 Å². The summed E-state index contributed by atoms with van der Waals surface area (Å²) in [5, 5.41) is 20.5. The topological polar surface area (TPSA) is 303 Å². The van der Waals surface area contributed by atoms with Crippen molar-refractivity contribution in [2.45, 2.75) is 235 Å². The molecule has 584 valence electrons. The van der Waals surface area contributed by atoms with E-state index < -0.39 is 186 Å². The second kappa shape index (κ2) is 40.9. The van der Waals surface area contributed by atoms with Crippen LogP contribution in [0.25, 0.3) is 0 Å². The first-order valence-corrected chi connectivity index (χ1v) is 36.1. The van der Waals surface area contributed by atoms with Gasteiger partial charge in [0, 0.05) is 95.0 Å². The minimum atomic E-state index is -4.35. The number of rotatable bonds is 20. The van der Waals surface area contributed by atoms with Gasteiger partial charge in [0.15, 0.2) is 0 Å². The number of hydrogen-bond donors (Lipinski definition) is 4. The van der Waals surface area contributed by atoms with Gasteiger partial charge in [-0.05, 0) is 95.3 Å². The van der Waals surface area contributed by atoms with Gasteiger partial charge >= 0.3 is 6.18 Å². The van der Waals surface area contributed by atoms with E-state index in [9.17, 15) is 42.3 Å². The zero-order chi connectivity index (χ0) is 78.6. The highest BCUT2D eigenvalue weighted by Gasteiger charge is 2.48. The van der Waals surface area contributed by atoms with Crippen LogP contribution in [-0.4, -0.2) is 306 Å². The van der Waals surface area contributed by atoms with Crippen molar-refractivity contribution < 1.29 is 80.5 Å². The fourth-order valence-electron chi connectivity index (χ4n) is 13.2. The summed E-state index contributed by atoms with van der Waals surface area (Å²) < 4.78 is 44.9. The first-order chi connectivity index (χ1) is 47.1. The number of carbonyl (C=O) groups excluding carboxylic acids is 12. The molecule has 0 saturated carbocycles. The van der Waals surface area contributed by atoms with Crippen LogP contribution in [0, 0.1) is 41.4 Å². The van der Waals surface area contributed by atoms with Gasteiger partial charge in [0.2, 0.25) is 70.9 Å². The highest BCUT2D eigenvalue weighted by Crippen LogP contribution is 2.28. The summed E-state index contributed by atoms with van der Waals surface area (Å²) >= 11 is 0. The Labute approximate surface area is 605 Å². The Kier molecular flexibility index (Phi) is 36.6. The fourth-order valence-corrected chi connectivity index (χ4v) is 13.2. The standard InChI is InChI=1S/C72H126F3N13O14/c1-26-28-29-46(13)60(90)59-71(101)80(19)51(27-2)66(96)79(18)50(17)65(95)85(24)58(47(14)39-102-40-55(89)88-34-32-87(33-35-88)31-30-72(73,74)75)63(93)78-56(44(9)10)69(99)81(20)52(36-41(3)4)62(92)76-48(15)61(91)77-49(16)64(94)82(21)53(37-42(5)6)67(97)83(22)54(38-43(7)8)68(98)84(23)57(45(11)12)70(100)86(59)25/h26,28,41-54,56-60,90H,27,29-40H2,1-25H3,(H,76,92)(H,77,91)(H,78,93)/b28-26+/t46-,47-,48+,49-,50-,51+,52+,53+,54+,56+,57+,58+,59+,60-/m1/s1. The van der Waals surface area contributed by atoms with Crippen molar-refractivity contribution in [3.05, 3.63) is 12.2 Å². The number of carbonyl (C=O) groups is 12. The van der Waals surface area contributed by atoms with Gasteiger partial charge in [-0.15, -0.1) is 0 Å². The van der Waals surface area contributed by atoms with Gasteiger partial charge in [-0.25, -0.2) is 0 Å². The summed E-state index contributed by atoms with van der Waals surface area (Å²) in [5.74, 6) is -12.3. The van der Waals surface area contributed by atoms with Gasteiger partial charge in [-0.3, -0.25) is 62.4 Å². The summed E-state index contributed by atoms with van der Waals surface area (Å²) in [5.41, 5.74) is 0. The lowest BCUT2D eigenvalue weighted by Crippen LogP contribution is -2.64. The van der Waals surface area contributed by atoms with Crippen LogP contribution >= 0.6 is 0 Å². The number of hydrogen-bond acceptors (Lipinski definition) is 15. The summed E-state index contributed by atoms with van der Waals surface area (Å²) in [4.78, 5) is 190. The molecule has 27 nitrogen and oxygen atoms in total. The maximum atomic E-state index is 15.4. The minimum Gasteiger partial charge on any atom is -0.390 e. The van der Waals surface area contributed by atoms with E-state index in [2.05, 4.69) is 16.0 Å². The van der Waals surface area contributed by atoms with E-state index >= 15 is 33.6 Å². The van der Waals surface area contributed by atoms with Crippen molar-refractivity contribution in [1.82, 2.24) is 64.9 Å². The third-order valence-corrected chi connectivity index (χ3v) is 19.8. The summed E-state index contributed by atoms with van der Waals surface area (Å²) in [6.07, 6.45) is -2.87. The van der Waals surface area contributed by atoms with Gasteiger partial charge in [-0.2, -0.15) is 13.2 Å². The van der Waals surface area contributed by atoms with Gasteiger partial charge in [-0.1, -0.05) is 102 Å². The van der Waals surface area contributed by atoms with E-state index in [0.29, 0.717) is 0 Å². The van der Waals surface area contributed by atoms with Crippen LogP contribution in [0.4, 0.5) is 13.2 Å². The molecule has 0 aromatic heterocycles. The molecule has 0 aliphatic carbocycles. The number of nitrogens with zero attached hydrogens (tertiary/aromatic N) is 10. The van der Waals surface area contributed by atoms with E-state index in [1.54, 1.807) is 72.4 Å². The SMILES string of the molecule is C/C=C/C[C@@H](C)[C@@H](O)[C@H]1C(=O)N(C)[C@@H](CC)C(=O)N(C)[C@H](C)C(=O)N(C)[C@@H]([C@H](C)COCC(=O)N2CCN(CCC(F)(F)F)CC2)C(=O)N[C@@H](C(C)C)C(=O)N(C)[C@@H](CC(C)C)C(=O)N[C@@H](C)C(=O)N[C@H](C)C(=O)N(C)[C@@H](CC(C)C)C(=O)N(C)[C@@H](CC(C)C)C(=O)N(C)[C@@H](C(C)C)C(=O)N1C. The van der Waals surface area contributed by atoms with E-state index in [0.717, 1.165) is 24.5 Å². The lowest BCUT2D eigenvalue weighted by Gasteiger charge is -2.43. The minimum absolute atomic E-state index is 0.0498. The lowest BCUT2D eigenvalue weighted by molar-refractivity contribution is -0.161. The second-order valence-corrected chi connectivity index (χ2v) is 30.3. The van der Waals surface area contributed by atoms with Crippen molar-refractivity contribution in [3.8, 4) is 0 Å². The Morgan fingerprint density at radius 2 is 0.961 bits per heavy atom. The average molecular weight is 1450 g/mol. The highest BCUT2D eigenvalue weighted by molar-refractivity contribution is 6.00. The molecule has 0 aromatic carbocycles. The molecular weight excluding hydrogens is 1330 g/mol. The molecule has 0 spiro atoms. The Hall–Kier alpha value is -6.95. The van der Waals surface area contributed by atoms with Crippen molar-refractivity contribution in [2.75, 3.05) is 102 Å². The van der Waals surface area contributed by atoms with Gasteiger partial charge < -0.3 is 69.9 Å². The Morgan fingerprint density at radius 3 is 1.44 bits per heavy atom. The first kappa shape index (κ1) is 91.1. The predicted octanol–water partition coefficient (Wildman–Crippen LogP) is 3.70. The second-order valence-electron chi connectivity index (χ2n) is 30.3. The molecule has 4 N–H and O–H groups in total. The number of ether oxygens (including phenoxy) is 1. The summed E-state index contributed by atoms with van der Waals surface area (Å²) in [6, 6.07) is -14.9. The number of amides is 12. The molecular formula is C72H126F3N13O14. The maximum Gasteiger partial charge on any atom is 0.390 e. The molecule has 2 fully saturated rings. The van der Waals surface area contributed by atoms with E-state index in [1.165, 1.54) is 96.8 Å². The van der Waals surface area contributed by atoms with E-state index in [4.69, 9.17) is 4.74 Å². The molecule has 0 unspecified atom stereocenters. The largest absolute Gasteiger partial charge is 0.390 e. The number of aliphatic hydroxyl groups excluding tert-OH is 1. The Balaban J connectivity index is 3.03. The number of halogens is 3. The number of allylic oxidation sites excluding steroid dienone is 2. The van der Waals surface area contributed by atoms with Crippen molar-refractivity contribution in [1.29, 1.82) is 0 Å². The maximum absolute atomic E-state index is 15.4. The summed E-state index contributed by atoms with van der Waals surface area (Å²) in [6.45, 7) is 28.2. The van der Waals surface area contributed by atoms with Crippen LogP contribution in [0.15, 0.2) is 12.2 Å². The molecule has 30 heteroatoms. The number of likely N-dealkylation sites (N-methyl/N-ethyl adjacent to an activating group) is 8. The van der Waals surface area contributed by atoms with E-state index in [-0.39, 0.29) is 89.2 Å². The number of alkyl halides is 3. The van der Waals surface area contributed by atoms with Gasteiger partial charge in [0.1, 0.15) is 73.1 Å². The van der Waals surface area contributed by atoms with Crippen LogP contribution < -0.4 is 16.0 Å². The van der Waals surface area contributed by atoms with Crippen LogP contribution in [0.3, 0.4) is 0 Å². The molecule has 0 aromatic rings. The number of nitrogens with one attached hydrogen (secondary N) is 3. The third kappa shape index (κ3) is 25.2. The smallest absolute Gasteiger partial charge is 0.390 e. The molecule has 2 heterocycles. The van der Waals surface area contributed by atoms with Crippen LogP contribution in [-0.2, 0) is 62.3 Å². The lowest BCUT2D eigenvalue weighted by atomic mass is 9.91.